The van der Waals surface area contributed by atoms with E-state index in [1.165, 1.54) is 11.1 Å². The Morgan fingerprint density at radius 2 is 2.10 bits per heavy atom. The van der Waals surface area contributed by atoms with Gasteiger partial charge in [-0.1, -0.05) is 28.1 Å². The Kier molecular flexibility index (Phi) is 3.74. The second-order valence-electron chi connectivity index (χ2n) is 4.72. The monoisotopic (exact) mass is 329 g/mol. The van der Waals surface area contributed by atoms with Crippen LogP contribution in [-0.4, -0.2) is 9.55 Å². The molecule has 3 aromatic rings. The topological polar surface area (TPSA) is 29.9 Å². The third kappa shape index (κ3) is 2.70. The van der Waals surface area contributed by atoms with Crippen molar-refractivity contribution in [2.45, 2.75) is 20.0 Å². The summed E-state index contributed by atoms with van der Waals surface area (Å²) in [4.78, 5) is 4.43. The molecule has 2 aromatic carbocycles. The van der Waals surface area contributed by atoms with Crippen LogP contribution in [0.2, 0.25) is 0 Å². The van der Waals surface area contributed by atoms with Crippen LogP contribution in [0.1, 0.15) is 12.5 Å². The predicted molar refractivity (Wildman–Crippen MR) is 86.9 cm³/mol. The lowest BCUT2D eigenvalue weighted by atomic mass is 10.2. The number of nitrogens with zero attached hydrogens (tertiary/aromatic N) is 2. The van der Waals surface area contributed by atoms with Crippen molar-refractivity contribution < 1.29 is 0 Å². The number of hydrogen-bond acceptors (Lipinski definition) is 2. The van der Waals surface area contributed by atoms with Gasteiger partial charge in [0.25, 0.3) is 0 Å². The molecule has 20 heavy (non-hydrogen) atoms. The Labute approximate surface area is 126 Å². The average Bonchev–Trinajstić information content (AvgIpc) is 2.87. The van der Waals surface area contributed by atoms with Crippen LogP contribution in [0.4, 0.5) is 5.69 Å². The van der Waals surface area contributed by atoms with E-state index in [1.807, 2.05) is 18.5 Å². The van der Waals surface area contributed by atoms with Crippen molar-refractivity contribution in [1.29, 1.82) is 0 Å². The first kappa shape index (κ1) is 13.2. The fourth-order valence-electron chi connectivity index (χ4n) is 2.28. The number of aryl methyl sites for hydroxylation is 1. The van der Waals surface area contributed by atoms with Gasteiger partial charge in [-0.2, -0.15) is 0 Å². The lowest BCUT2D eigenvalue weighted by Gasteiger charge is -2.07. The number of anilines is 1. The Morgan fingerprint density at radius 1 is 1.20 bits per heavy atom. The van der Waals surface area contributed by atoms with Crippen molar-refractivity contribution in [2.75, 3.05) is 5.32 Å². The maximum absolute atomic E-state index is 4.43. The third-order valence-corrected chi connectivity index (χ3v) is 3.84. The summed E-state index contributed by atoms with van der Waals surface area (Å²) >= 11 is 3.49. The molecule has 102 valence electrons. The minimum atomic E-state index is 0.805. The standard InChI is InChI=1S/C16H16BrN3/c1-2-20-11-19-15-9-14(6-7-16(15)20)18-10-12-4-3-5-13(17)8-12/h3-9,11,18H,2,10H2,1H3. The molecule has 0 spiro atoms. The van der Waals surface area contributed by atoms with Gasteiger partial charge < -0.3 is 9.88 Å². The maximum Gasteiger partial charge on any atom is 0.0958 e. The van der Waals surface area contributed by atoms with E-state index in [0.717, 1.165) is 28.8 Å². The Morgan fingerprint density at radius 3 is 2.90 bits per heavy atom. The summed E-state index contributed by atoms with van der Waals surface area (Å²) in [7, 11) is 0. The average molecular weight is 330 g/mol. The second-order valence-corrected chi connectivity index (χ2v) is 5.63. The quantitative estimate of drug-likeness (QED) is 0.767. The van der Waals surface area contributed by atoms with Crippen molar-refractivity contribution >= 4 is 32.7 Å². The molecule has 0 saturated heterocycles. The van der Waals surface area contributed by atoms with E-state index in [0.29, 0.717) is 0 Å². The van der Waals surface area contributed by atoms with Gasteiger partial charge in [0, 0.05) is 23.2 Å². The van der Waals surface area contributed by atoms with Crippen LogP contribution < -0.4 is 5.32 Å². The summed E-state index contributed by atoms with van der Waals surface area (Å²) in [5.41, 5.74) is 4.56. The van der Waals surface area contributed by atoms with Gasteiger partial charge in [0.1, 0.15) is 0 Å². The Hall–Kier alpha value is -1.81. The first-order valence-electron chi connectivity index (χ1n) is 6.69. The van der Waals surface area contributed by atoms with E-state index >= 15 is 0 Å². The van der Waals surface area contributed by atoms with E-state index in [9.17, 15) is 0 Å². The lowest BCUT2D eigenvalue weighted by Crippen LogP contribution is -1.99. The fraction of sp³-hybridized carbons (Fsp3) is 0.188. The minimum Gasteiger partial charge on any atom is -0.381 e. The molecule has 3 nitrogen and oxygen atoms in total. The first-order valence-corrected chi connectivity index (χ1v) is 7.49. The summed E-state index contributed by atoms with van der Waals surface area (Å²) in [5, 5.41) is 3.44. The van der Waals surface area contributed by atoms with Crippen LogP contribution in [0.25, 0.3) is 11.0 Å². The molecule has 0 radical (unpaired) electrons. The largest absolute Gasteiger partial charge is 0.381 e. The molecular formula is C16H16BrN3. The fourth-order valence-corrected chi connectivity index (χ4v) is 2.72. The summed E-state index contributed by atoms with van der Waals surface area (Å²) in [5.74, 6) is 0. The number of rotatable bonds is 4. The molecule has 0 aliphatic rings. The summed E-state index contributed by atoms with van der Waals surface area (Å²) in [6, 6.07) is 14.6. The Balaban J connectivity index is 1.78. The van der Waals surface area contributed by atoms with Crippen LogP contribution in [0.5, 0.6) is 0 Å². The molecule has 0 bridgehead atoms. The first-order chi connectivity index (χ1) is 9.76. The third-order valence-electron chi connectivity index (χ3n) is 3.35. The highest BCUT2D eigenvalue weighted by atomic mass is 79.9. The molecule has 3 rings (SSSR count). The number of aromatic nitrogens is 2. The highest BCUT2D eigenvalue weighted by Crippen LogP contribution is 2.19. The van der Waals surface area contributed by atoms with Crippen LogP contribution in [0, 0.1) is 0 Å². The van der Waals surface area contributed by atoms with E-state index in [-0.39, 0.29) is 0 Å². The number of benzene rings is 2. The van der Waals surface area contributed by atoms with Gasteiger partial charge in [0.05, 0.1) is 17.4 Å². The smallest absolute Gasteiger partial charge is 0.0958 e. The maximum atomic E-state index is 4.43. The van der Waals surface area contributed by atoms with Crippen molar-refractivity contribution in [3.63, 3.8) is 0 Å². The molecule has 0 amide bonds. The van der Waals surface area contributed by atoms with Crippen LogP contribution in [0.3, 0.4) is 0 Å². The van der Waals surface area contributed by atoms with Crippen molar-refractivity contribution in [3.05, 3.63) is 58.8 Å². The molecule has 0 aliphatic carbocycles. The highest BCUT2D eigenvalue weighted by Gasteiger charge is 2.02. The van der Waals surface area contributed by atoms with E-state index in [4.69, 9.17) is 0 Å². The lowest BCUT2D eigenvalue weighted by molar-refractivity contribution is 0.787. The molecule has 0 aliphatic heterocycles. The number of halogens is 1. The van der Waals surface area contributed by atoms with Gasteiger partial charge in [-0.25, -0.2) is 4.98 Å². The van der Waals surface area contributed by atoms with Crippen molar-refractivity contribution in [1.82, 2.24) is 9.55 Å². The Bertz CT molecular complexity index is 733. The van der Waals surface area contributed by atoms with Crippen LogP contribution in [-0.2, 0) is 13.1 Å². The molecular weight excluding hydrogens is 314 g/mol. The van der Waals surface area contributed by atoms with Crippen molar-refractivity contribution in [3.8, 4) is 0 Å². The minimum absolute atomic E-state index is 0.805. The number of imidazole rings is 1. The van der Waals surface area contributed by atoms with Crippen molar-refractivity contribution in [2.24, 2.45) is 0 Å². The van der Waals surface area contributed by atoms with Gasteiger partial charge in [0.2, 0.25) is 0 Å². The molecule has 0 fully saturated rings. The van der Waals surface area contributed by atoms with E-state index in [1.54, 1.807) is 0 Å². The molecule has 4 heteroatoms. The normalized spacial score (nSPS) is 10.9. The zero-order valence-electron chi connectivity index (χ0n) is 11.3. The molecule has 1 N–H and O–H groups in total. The zero-order valence-corrected chi connectivity index (χ0v) is 12.9. The summed E-state index contributed by atoms with van der Waals surface area (Å²) in [6.45, 7) is 3.88. The van der Waals surface area contributed by atoms with E-state index in [2.05, 4.69) is 68.1 Å². The number of hydrogen-bond donors (Lipinski definition) is 1. The van der Waals surface area contributed by atoms with Crippen LogP contribution >= 0.6 is 15.9 Å². The summed E-state index contributed by atoms with van der Waals surface area (Å²) < 4.78 is 3.25. The molecule has 1 aromatic heterocycles. The molecule has 1 heterocycles. The van der Waals surface area contributed by atoms with Gasteiger partial charge in [-0.05, 0) is 42.8 Å². The molecule has 0 atom stereocenters. The van der Waals surface area contributed by atoms with Gasteiger partial charge in [-0.15, -0.1) is 0 Å². The van der Waals surface area contributed by atoms with E-state index < -0.39 is 0 Å². The van der Waals surface area contributed by atoms with Crippen LogP contribution in [0.15, 0.2) is 53.3 Å². The molecule has 0 unspecified atom stereocenters. The van der Waals surface area contributed by atoms with Gasteiger partial charge >= 0.3 is 0 Å². The second kappa shape index (κ2) is 5.67. The SMILES string of the molecule is CCn1cnc2cc(NCc3cccc(Br)c3)ccc21. The highest BCUT2D eigenvalue weighted by molar-refractivity contribution is 9.10. The molecule has 0 saturated carbocycles. The predicted octanol–water partition coefficient (Wildman–Crippen LogP) is 4.43. The summed E-state index contributed by atoms with van der Waals surface area (Å²) in [6.07, 6.45) is 1.89. The van der Waals surface area contributed by atoms with Gasteiger partial charge in [-0.3, -0.25) is 0 Å². The van der Waals surface area contributed by atoms with Gasteiger partial charge in [0.15, 0.2) is 0 Å². The number of nitrogens with one attached hydrogen (secondary N) is 1. The zero-order chi connectivity index (χ0) is 13.9. The number of fused-ring (bicyclic) bond motifs is 1.